The molecule has 34 heavy (non-hydrogen) atoms. The van der Waals surface area contributed by atoms with E-state index in [1.807, 2.05) is 84.9 Å². The summed E-state index contributed by atoms with van der Waals surface area (Å²) in [5.41, 5.74) is 7.06. The zero-order chi connectivity index (χ0) is 23.4. The minimum atomic E-state index is -2.71. The van der Waals surface area contributed by atoms with E-state index in [-0.39, 0.29) is 0 Å². The SMILES string of the molecule is NC(=O)[C@@H](n1nnnc1-c1ccccc1)[P+](c1ccccc1)(c1ccccc1)c1ccccc1. The standard InChI is InChI=1S/C27H22N5OP/c28-25(33)27(32-26(29-30-31-32)21-13-5-1-6-14-21)34(22-15-7-2-8-16-22,23-17-9-3-10-18-23)24-19-11-4-12-20-24/h1-20,27H,(H-,28,33)/p+1/t27-/m0/s1. The van der Waals surface area contributed by atoms with Gasteiger partial charge in [-0.15, -0.1) is 5.10 Å². The molecular formula is C27H23N5OP+. The van der Waals surface area contributed by atoms with Crippen LogP contribution in [-0.4, -0.2) is 26.1 Å². The summed E-state index contributed by atoms with van der Waals surface area (Å²) in [6.45, 7) is 0. The summed E-state index contributed by atoms with van der Waals surface area (Å²) in [7, 11) is -2.71. The molecule has 1 aromatic heterocycles. The third kappa shape index (κ3) is 3.68. The van der Waals surface area contributed by atoms with Crippen LogP contribution < -0.4 is 21.6 Å². The molecule has 166 valence electrons. The third-order valence-electron chi connectivity index (χ3n) is 5.87. The van der Waals surface area contributed by atoms with Gasteiger partial charge in [-0.05, 0) is 46.8 Å². The Morgan fingerprint density at radius 2 is 1.09 bits per heavy atom. The van der Waals surface area contributed by atoms with E-state index in [1.165, 1.54) is 0 Å². The maximum atomic E-state index is 13.5. The minimum absolute atomic E-state index is 0.491. The summed E-state index contributed by atoms with van der Waals surface area (Å²) in [6, 6.07) is 39.9. The Morgan fingerprint density at radius 3 is 1.50 bits per heavy atom. The summed E-state index contributed by atoms with van der Waals surface area (Å²) in [5, 5.41) is 15.7. The monoisotopic (exact) mass is 464 g/mol. The van der Waals surface area contributed by atoms with Crippen LogP contribution in [0.15, 0.2) is 121 Å². The lowest BCUT2D eigenvalue weighted by Crippen LogP contribution is -2.43. The summed E-state index contributed by atoms with van der Waals surface area (Å²) < 4.78 is 1.61. The van der Waals surface area contributed by atoms with E-state index in [0.717, 1.165) is 21.5 Å². The van der Waals surface area contributed by atoms with Crippen LogP contribution in [-0.2, 0) is 4.79 Å². The van der Waals surface area contributed by atoms with E-state index < -0.39 is 19.0 Å². The van der Waals surface area contributed by atoms with E-state index in [9.17, 15) is 4.79 Å². The van der Waals surface area contributed by atoms with Gasteiger partial charge >= 0.3 is 0 Å². The molecule has 0 saturated heterocycles. The zero-order valence-corrected chi connectivity index (χ0v) is 19.2. The van der Waals surface area contributed by atoms with Crippen LogP contribution in [0, 0.1) is 0 Å². The molecule has 0 saturated carbocycles. The maximum absolute atomic E-state index is 13.5. The Kier molecular flexibility index (Phi) is 5.98. The van der Waals surface area contributed by atoms with Crippen LogP contribution in [0.1, 0.15) is 5.78 Å². The van der Waals surface area contributed by atoms with Crippen molar-refractivity contribution in [3.63, 3.8) is 0 Å². The van der Waals surface area contributed by atoms with Crippen molar-refractivity contribution in [3.8, 4) is 11.4 Å². The number of rotatable bonds is 7. The average molecular weight is 464 g/mol. The molecule has 0 aliphatic carbocycles. The number of nitrogens with two attached hydrogens (primary N) is 1. The fourth-order valence-electron chi connectivity index (χ4n) is 4.47. The topological polar surface area (TPSA) is 86.7 Å². The van der Waals surface area contributed by atoms with Gasteiger partial charge in [0.1, 0.15) is 23.2 Å². The molecule has 0 aliphatic heterocycles. The Bertz CT molecular complexity index is 1280. The van der Waals surface area contributed by atoms with Crippen molar-refractivity contribution in [1.82, 2.24) is 20.2 Å². The number of carbonyl (C=O) groups is 1. The summed E-state index contributed by atoms with van der Waals surface area (Å²) in [5.74, 6) is -0.837. The summed E-state index contributed by atoms with van der Waals surface area (Å²) in [4.78, 5) is 13.5. The Balaban J connectivity index is 1.89. The molecule has 0 spiro atoms. The molecule has 1 heterocycles. The average Bonchev–Trinajstić information content (AvgIpc) is 3.38. The van der Waals surface area contributed by atoms with Crippen LogP contribution in [0.4, 0.5) is 0 Å². The van der Waals surface area contributed by atoms with Crippen LogP contribution in [0.5, 0.6) is 0 Å². The predicted octanol–water partition coefficient (Wildman–Crippen LogP) is 3.32. The normalized spacial score (nSPS) is 12.2. The van der Waals surface area contributed by atoms with Crippen molar-refractivity contribution >= 4 is 29.1 Å². The van der Waals surface area contributed by atoms with Crippen molar-refractivity contribution in [2.75, 3.05) is 0 Å². The molecule has 0 bridgehead atoms. The molecule has 2 N–H and O–H groups in total. The van der Waals surface area contributed by atoms with Gasteiger partial charge in [-0.25, -0.2) is 0 Å². The highest BCUT2D eigenvalue weighted by Crippen LogP contribution is 2.65. The number of primary amides is 1. The highest BCUT2D eigenvalue weighted by molar-refractivity contribution is 7.96. The second-order valence-corrected chi connectivity index (χ2v) is 11.3. The van der Waals surface area contributed by atoms with Crippen molar-refractivity contribution < 1.29 is 4.79 Å². The number of hydrogen-bond donors (Lipinski definition) is 1. The smallest absolute Gasteiger partial charge is 0.282 e. The first-order valence-electron chi connectivity index (χ1n) is 10.9. The molecule has 5 rings (SSSR count). The lowest BCUT2D eigenvalue weighted by atomic mass is 10.2. The van der Waals surface area contributed by atoms with Gasteiger partial charge in [0.25, 0.3) is 11.7 Å². The highest BCUT2D eigenvalue weighted by Gasteiger charge is 2.57. The lowest BCUT2D eigenvalue weighted by Gasteiger charge is -2.32. The molecule has 0 unspecified atom stereocenters. The van der Waals surface area contributed by atoms with Crippen LogP contribution >= 0.6 is 7.26 Å². The van der Waals surface area contributed by atoms with Crippen LogP contribution in [0.3, 0.4) is 0 Å². The maximum Gasteiger partial charge on any atom is 0.282 e. The molecular weight excluding hydrogens is 441 g/mol. The lowest BCUT2D eigenvalue weighted by molar-refractivity contribution is -0.119. The molecule has 0 aliphatic rings. The van der Waals surface area contributed by atoms with Gasteiger partial charge < -0.3 is 5.73 Å². The first kappa shape index (κ1) is 21.7. The van der Waals surface area contributed by atoms with Gasteiger partial charge in [-0.2, -0.15) is 4.68 Å². The van der Waals surface area contributed by atoms with E-state index in [1.54, 1.807) is 4.68 Å². The number of aromatic nitrogens is 4. The minimum Gasteiger partial charge on any atom is -0.364 e. The van der Waals surface area contributed by atoms with Crippen molar-refractivity contribution in [2.45, 2.75) is 5.78 Å². The second-order valence-electron chi connectivity index (χ2n) is 7.82. The molecule has 7 heteroatoms. The van der Waals surface area contributed by atoms with Crippen molar-refractivity contribution in [1.29, 1.82) is 0 Å². The van der Waals surface area contributed by atoms with Gasteiger partial charge in [-0.3, -0.25) is 4.79 Å². The molecule has 1 atom stereocenters. The molecule has 0 fully saturated rings. The van der Waals surface area contributed by atoms with Crippen molar-refractivity contribution in [2.24, 2.45) is 5.73 Å². The number of amides is 1. The Labute approximate surface area is 198 Å². The number of tetrazole rings is 1. The number of benzene rings is 4. The van der Waals surface area contributed by atoms with E-state index >= 15 is 0 Å². The largest absolute Gasteiger partial charge is 0.364 e. The van der Waals surface area contributed by atoms with Crippen LogP contribution in [0.2, 0.25) is 0 Å². The third-order valence-corrected chi connectivity index (χ3v) is 10.4. The fraction of sp³-hybridized carbons (Fsp3) is 0.0370. The number of carbonyl (C=O) groups excluding carboxylic acids is 1. The summed E-state index contributed by atoms with van der Waals surface area (Å²) >= 11 is 0. The quantitative estimate of drug-likeness (QED) is 0.375. The number of hydrogen-bond acceptors (Lipinski definition) is 4. The van der Waals surface area contributed by atoms with E-state index in [0.29, 0.717) is 5.82 Å². The molecule has 1 amide bonds. The Morgan fingerprint density at radius 1 is 0.676 bits per heavy atom. The Hall–Kier alpha value is -4.15. The number of nitrogens with zero attached hydrogens (tertiary/aromatic N) is 4. The van der Waals surface area contributed by atoms with Crippen LogP contribution in [0.25, 0.3) is 11.4 Å². The fourth-order valence-corrected chi connectivity index (χ4v) is 9.01. The zero-order valence-electron chi connectivity index (χ0n) is 18.3. The second kappa shape index (κ2) is 9.38. The van der Waals surface area contributed by atoms with E-state index in [4.69, 9.17) is 5.73 Å². The molecule has 5 aromatic rings. The van der Waals surface area contributed by atoms with Gasteiger partial charge in [0, 0.05) is 5.56 Å². The van der Waals surface area contributed by atoms with E-state index in [2.05, 4.69) is 51.9 Å². The highest BCUT2D eigenvalue weighted by atomic mass is 31.2. The predicted molar refractivity (Wildman–Crippen MR) is 137 cm³/mol. The first-order chi connectivity index (χ1) is 16.7. The van der Waals surface area contributed by atoms with Gasteiger partial charge in [0.05, 0.1) is 0 Å². The summed E-state index contributed by atoms with van der Waals surface area (Å²) in [6.07, 6.45) is 0. The van der Waals surface area contributed by atoms with Crippen molar-refractivity contribution in [3.05, 3.63) is 121 Å². The molecule has 6 nitrogen and oxygen atoms in total. The molecule has 4 aromatic carbocycles. The van der Waals surface area contributed by atoms with Gasteiger partial charge in [0.2, 0.25) is 0 Å². The first-order valence-corrected chi connectivity index (χ1v) is 12.8. The van der Waals surface area contributed by atoms with Gasteiger partial charge in [0.15, 0.2) is 5.82 Å². The molecule has 0 radical (unpaired) electrons. The van der Waals surface area contributed by atoms with Gasteiger partial charge in [-0.1, -0.05) is 84.9 Å².